The normalized spacial score (nSPS) is 10.3. The quantitative estimate of drug-likeness (QED) is 0.844. The fraction of sp³-hybridized carbons (Fsp3) is 0.167. The predicted molar refractivity (Wildman–Crippen MR) is 79.3 cm³/mol. The molecule has 2 rings (SSSR count). The van der Waals surface area contributed by atoms with E-state index in [0.717, 1.165) is 14.6 Å². The highest BCUT2D eigenvalue weighted by Crippen LogP contribution is 2.28. The molecule has 0 spiro atoms. The van der Waals surface area contributed by atoms with E-state index in [0.29, 0.717) is 11.6 Å². The lowest BCUT2D eigenvalue weighted by Gasteiger charge is -2.07. The molecule has 1 amide bonds. The van der Waals surface area contributed by atoms with E-state index in [9.17, 15) is 4.79 Å². The van der Waals surface area contributed by atoms with Gasteiger partial charge in [-0.05, 0) is 41.1 Å². The van der Waals surface area contributed by atoms with Crippen molar-refractivity contribution >= 4 is 43.6 Å². The number of benzene rings is 1. The third kappa shape index (κ3) is 4.07. The number of amides is 1. The van der Waals surface area contributed by atoms with Crippen molar-refractivity contribution in [2.24, 2.45) is 0 Å². The molecule has 0 bridgehead atoms. The largest absolute Gasteiger partial charge is 0.483 e. The van der Waals surface area contributed by atoms with E-state index in [4.69, 9.17) is 4.74 Å². The number of aromatic amines is 1. The number of H-pyrrole nitrogens is 1. The molecule has 2 aromatic rings. The SMILES string of the molecule is Cc1cc(NC(=O)COc2ccc(Br)cc2Br)n[nH]1. The van der Waals surface area contributed by atoms with Crippen LogP contribution in [-0.4, -0.2) is 22.7 Å². The number of halogens is 2. The van der Waals surface area contributed by atoms with Gasteiger partial charge in [-0.25, -0.2) is 0 Å². The van der Waals surface area contributed by atoms with Gasteiger partial charge in [0.2, 0.25) is 0 Å². The molecule has 0 atom stereocenters. The molecule has 7 heteroatoms. The van der Waals surface area contributed by atoms with Gasteiger partial charge in [-0.3, -0.25) is 9.89 Å². The van der Waals surface area contributed by atoms with Gasteiger partial charge < -0.3 is 10.1 Å². The molecule has 0 unspecified atom stereocenters. The maximum absolute atomic E-state index is 11.7. The molecule has 0 aliphatic rings. The van der Waals surface area contributed by atoms with Gasteiger partial charge in [0.1, 0.15) is 5.75 Å². The van der Waals surface area contributed by atoms with Crippen LogP contribution in [-0.2, 0) is 4.79 Å². The number of carbonyl (C=O) groups excluding carboxylic acids is 1. The number of aromatic nitrogens is 2. The van der Waals surface area contributed by atoms with Crippen LogP contribution in [0.5, 0.6) is 5.75 Å². The Kier molecular flexibility index (Phi) is 4.60. The zero-order chi connectivity index (χ0) is 13.8. The molecule has 0 saturated heterocycles. The van der Waals surface area contributed by atoms with Crippen LogP contribution >= 0.6 is 31.9 Å². The fourth-order valence-electron chi connectivity index (χ4n) is 1.40. The lowest BCUT2D eigenvalue weighted by atomic mass is 10.3. The fourth-order valence-corrected chi connectivity index (χ4v) is 2.56. The van der Waals surface area contributed by atoms with Gasteiger partial charge in [0, 0.05) is 16.2 Å². The molecule has 0 aliphatic carbocycles. The van der Waals surface area contributed by atoms with Crippen molar-refractivity contribution in [1.82, 2.24) is 10.2 Å². The topological polar surface area (TPSA) is 67.0 Å². The summed E-state index contributed by atoms with van der Waals surface area (Å²) in [5.41, 5.74) is 0.881. The van der Waals surface area contributed by atoms with Crippen molar-refractivity contribution in [3.63, 3.8) is 0 Å². The Bertz CT molecular complexity index is 598. The van der Waals surface area contributed by atoms with Gasteiger partial charge in [0.25, 0.3) is 5.91 Å². The number of nitrogens with one attached hydrogen (secondary N) is 2. The zero-order valence-corrected chi connectivity index (χ0v) is 13.2. The van der Waals surface area contributed by atoms with Crippen molar-refractivity contribution in [3.05, 3.63) is 38.9 Å². The van der Waals surface area contributed by atoms with E-state index in [1.165, 1.54) is 0 Å². The third-order valence-electron chi connectivity index (χ3n) is 2.23. The highest BCUT2D eigenvalue weighted by atomic mass is 79.9. The minimum absolute atomic E-state index is 0.0772. The van der Waals surface area contributed by atoms with Gasteiger partial charge in [-0.2, -0.15) is 5.10 Å². The summed E-state index contributed by atoms with van der Waals surface area (Å²) < 4.78 is 7.13. The second-order valence-electron chi connectivity index (χ2n) is 3.85. The lowest BCUT2D eigenvalue weighted by molar-refractivity contribution is -0.118. The number of rotatable bonds is 4. The number of hydrogen-bond acceptors (Lipinski definition) is 3. The molecule has 1 aromatic carbocycles. The number of carbonyl (C=O) groups is 1. The smallest absolute Gasteiger partial charge is 0.263 e. The Morgan fingerprint density at radius 3 is 2.84 bits per heavy atom. The van der Waals surface area contributed by atoms with Crippen LogP contribution in [0.1, 0.15) is 5.69 Å². The molecular formula is C12H11Br2N3O2. The van der Waals surface area contributed by atoms with Gasteiger partial charge in [-0.15, -0.1) is 0 Å². The Balaban J connectivity index is 1.89. The molecule has 19 heavy (non-hydrogen) atoms. The van der Waals surface area contributed by atoms with E-state index in [1.807, 2.05) is 19.1 Å². The van der Waals surface area contributed by atoms with Gasteiger partial charge in [0.15, 0.2) is 12.4 Å². The molecule has 1 aromatic heterocycles. The molecule has 0 radical (unpaired) electrons. The van der Waals surface area contributed by atoms with Gasteiger partial charge in [-0.1, -0.05) is 15.9 Å². The number of anilines is 1. The summed E-state index contributed by atoms with van der Waals surface area (Å²) >= 11 is 6.71. The first-order valence-corrected chi connectivity index (χ1v) is 7.03. The van der Waals surface area contributed by atoms with Crippen LogP contribution in [0.4, 0.5) is 5.82 Å². The summed E-state index contributed by atoms with van der Waals surface area (Å²) in [5, 5.41) is 9.29. The second-order valence-corrected chi connectivity index (χ2v) is 5.62. The van der Waals surface area contributed by atoms with E-state index < -0.39 is 0 Å². The average molecular weight is 389 g/mol. The molecule has 5 nitrogen and oxygen atoms in total. The zero-order valence-electron chi connectivity index (χ0n) is 10.0. The van der Waals surface area contributed by atoms with Crippen LogP contribution < -0.4 is 10.1 Å². The van der Waals surface area contributed by atoms with E-state index in [1.54, 1.807) is 12.1 Å². The Labute approximate surface area is 127 Å². The maximum Gasteiger partial charge on any atom is 0.263 e. The summed E-state index contributed by atoms with van der Waals surface area (Å²) in [6.07, 6.45) is 0. The van der Waals surface area contributed by atoms with Crippen LogP contribution in [0.15, 0.2) is 33.2 Å². The van der Waals surface area contributed by atoms with Crippen molar-refractivity contribution in [3.8, 4) is 5.75 Å². The summed E-state index contributed by atoms with van der Waals surface area (Å²) in [6.45, 7) is 1.78. The summed E-state index contributed by atoms with van der Waals surface area (Å²) in [5.74, 6) is 0.832. The first-order valence-electron chi connectivity index (χ1n) is 5.44. The summed E-state index contributed by atoms with van der Waals surface area (Å²) in [4.78, 5) is 11.7. The minimum atomic E-state index is -0.263. The average Bonchev–Trinajstić information content (AvgIpc) is 2.73. The van der Waals surface area contributed by atoms with Gasteiger partial charge in [0.05, 0.1) is 4.47 Å². The van der Waals surface area contributed by atoms with Crippen LogP contribution in [0.3, 0.4) is 0 Å². The van der Waals surface area contributed by atoms with Crippen LogP contribution in [0.2, 0.25) is 0 Å². The highest BCUT2D eigenvalue weighted by Gasteiger charge is 2.07. The van der Waals surface area contributed by atoms with Crippen molar-refractivity contribution < 1.29 is 9.53 Å². The molecule has 100 valence electrons. The van der Waals surface area contributed by atoms with Crippen molar-refractivity contribution in [1.29, 1.82) is 0 Å². The molecule has 0 fully saturated rings. The second kappa shape index (κ2) is 6.21. The number of hydrogen-bond donors (Lipinski definition) is 2. The van der Waals surface area contributed by atoms with Crippen molar-refractivity contribution in [2.75, 3.05) is 11.9 Å². The molecule has 2 N–H and O–H groups in total. The maximum atomic E-state index is 11.7. The first kappa shape index (κ1) is 14.1. The predicted octanol–water partition coefficient (Wildman–Crippen LogP) is 3.26. The van der Waals surface area contributed by atoms with Crippen LogP contribution in [0.25, 0.3) is 0 Å². The molecule has 1 heterocycles. The number of aryl methyl sites for hydroxylation is 1. The number of ether oxygens (including phenoxy) is 1. The lowest BCUT2D eigenvalue weighted by Crippen LogP contribution is -2.20. The minimum Gasteiger partial charge on any atom is -0.483 e. The van der Waals surface area contributed by atoms with Gasteiger partial charge >= 0.3 is 0 Å². The first-order chi connectivity index (χ1) is 9.04. The van der Waals surface area contributed by atoms with E-state index in [2.05, 4.69) is 47.4 Å². The summed E-state index contributed by atoms with van der Waals surface area (Å²) in [6, 6.07) is 7.22. The molecular weight excluding hydrogens is 378 g/mol. The van der Waals surface area contributed by atoms with E-state index >= 15 is 0 Å². The Hall–Kier alpha value is -1.34. The monoisotopic (exact) mass is 387 g/mol. The molecule has 0 aliphatic heterocycles. The summed E-state index contributed by atoms with van der Waals surface area (Å²) in [7, 11) is 0. The standard InChI is InChI=1S/C12H11Br2N3O2/c1-7-4-11(17-16-7)15-12(18)6-19-10-3-2-8(13)5-9(10)14/h2-5H,6H2,1H3,(H2,15,16,17,18). The van der Waals surface area contributed by atoms with Crippen molar-refractivity contribution in [2.45, 2.75) is 6.92 Å². The third-order valence-corrected chi connectivity index (χ3v) is 3.34. The molecule has 0 saturated carbocycles. The van der Waals surface area contributed by atoms with E-state index in [-0.39, 0.29) is 12.5 Å². The highest BCUT2D eigenvalue weighted by molar-refractivity contribution is 9.11. The Morgan fingerprint density at radius 1 is 1.42 bits per heavy atom. The van der Waals surface area contributed by atoms with Crippen LogP contribution in [0, 0.1) is 6.92 Å². The Morgan fingerprint density at radius 2 is 2.21 bits per heavy atom. The number of nitrogens with zero attached hydrogens (tertiary/aromatic N) is 1.